The highest BCUT2D eigenvalue weighted by molar-refractivity contribution is 5.92. The second kappa shape index (κ2) is 5.79. The molecule has 0 saturated heterocycles. The van der Waals surface area contributed by atoms with E-state index in [9.17, 15) is 14.7 Å². The van der Waals surface area contributed by atoms with Crippen LogP contribution in [0.3, 0.4) is 0 Å². The van der Waals surface area contributed by atoms with Crippen LogP contribution in [0.5, 0.6) is 0 Å². The van der Waals surface area contributed by atoms with Gasteiger partial charge in [-0.1, -0.05) is 19.1 Å². The van der Waals surface area contributed by atoms with E-state index >= 15 is 0 Å². The molecule has 0 saturated carbocycles. The monoisotopic (exact) mass is 256 g/mol. The van der Waals surface area contributed by atoms with Gasteiger partial charge in [0.1, 0.15) is 0 Å². The van der Waals surface area contributed by atoms with E-state index in [2.05, 4.69) is 0 Å². The summed E-state index contributed by atoms with van der Waals surface area (Å²) >= 11 is 0. The number of rotatable bonds is 6. The first kappa shape index (κ1) is 14.4. The zero-order valence-corrected chi connectivity index (χ0v) is 10.3. The van der Waals surface area contributed by atoms with Gasteiger partial charge in [0.2, 0.25) is 0 Å². The van der Waals surface area contributed by atoms with Crippen LogP contribution in [0.4, 0.5) is 0 Å². The molecule has 6 heteroatoms. The van der Waals surface area contributed by atoms with Gasteiger partial charge in [0.05, 0.1) is 13.2 Å². The quantitative estimate of drug-likeness (QED) is 0.679. The van der Waals surface area contributed by atoms with Gasteiger partial charge in [-0.15, -0.1) is 0 Å². The van der Waals surface area contributed by atoms with Crippen LogP contribution in [0.1, 0.15) is 6.92 Å². The number of hydrogen-bond donors (Lipinski definition) is 2. The lowest BCUT2D eigenvalue weighted by atomic mass is 9.79. The van der Waals surface area contributed by atoms with E-state index in [1.54, 1.807) is 0 Å². The minimum atomic E-state index is -1.65. The lowest BCUT2D eigenvalue weighted by Gasteiger charge is -2.34. The van der Waals surface area contributed by atoms with Gasteiger partial charge in [-0.05, 0) is 6.08 Å². The Morgan fingerprint density at radius 2 is 2.06 bits per heavy atom. The molecular formula is C12H16O6. The van der Waals surface area contributed by atoms with Crippen molar-refractivity contribution in [1.82, 2.24) is 0 Å². The fourth-order valence-electron chi connectivity index (χ4n) is 1.86. The molecule has 1 aliphatic carbocycles. The highest BCUT2D eigenvalue weighted by Gasteiger charge is 2.47. The first-order valence-electron chi connectivity index (χ1n) is 5.44. The largest absolute Gasteiger partial charge is 0.479 e. The maximum Gasteiger partial charge on any atom is 0.340 e. The molecule has 1 rings (SSSR count). The maximum atomic E-state index is 11.4. The van der Waals surface area contributed by atoms with Crippen molar-refractivity contribution < 1.29 is 29.3 Å². The minimum absolute atomic E-state index is 0.0114. The Balaban J connectivity index is 2.99. The highest BCUT2D eigenvalue weighted by atomic mass is 16.5. The van der Waals surface area contributed by atoms with E-state index in [4.69, 9.17) is 14.6 Å². The van der Waals surface area contributed by atoms with Gasteiger partial charge in [-0.25, -0.2) is 9.59 Å². The Morgan fingerprint density at radius 1 is 1.39 bits per heavy atom. The Labute approximate surface area is 105 Å². The number of carboxylic acid groups (broad SMARTS) is 2. The molecule has 0 heterocycles. The van der Waals surface area contributed by atoms with Crippen molar-refractivity contribution in [3.8, 4) is 0 Å². The number of carboxylic acids is 2. The molecule has 0 fully saturated rings. The number of aliphatic carboxylic acids is 2. The molecular weight excluding hydrogens is 240 g/mol. The van der Waals surface area contributed by atoms with Gasteiger partial charge in [-0.2, -0.15) is 0 Å². The second-order valence-corrected chi connectivity index (χ2v) is 3.95. The van der Waals surface area contributed by atoms with Crippen LogP contribution < -0.4 is 0 Å². The van der Waals surface area contributed by atoms with Crippen LogP contribution in [0.15, 0.2) is 23.8 Å². The van der Waals surface area contributed by atoms with Crippen LogP contribution in [-0.4, -0.2) is 48.1 Å². The molecule has 0 radical (unpaired) electrons. The van der Waals surface area contributed by atoms with E-state index in [1.165, 1.54) is 32.3 Å². The lowest BCUT2D eigenvalue weighted by molar-refractivity contribution is -0.166. The molecule has 0 aromatic rings. The third kappa shape index (κ3) is 2.60. The SMILES string of the molecule is COCCOC1(C(=O)O)C=CC=C(C(=O)O)C1C. The molecule has 2 N–H and O–H groups in total. The summed E-state index contributed by atoms with van der Waals surface area (Å²) in [6.45, 7) is 1.83. The summed E-state index contributed by atoms with van der Waals surface area (Å²) in [6, 6.07) is 0. The van der Waals surface area contributed by atoms with Crippen LogP contribution in [-0.2, 0) is 19.1 Å². The predicted octanol–water partition coefficient (Wildman–Crippen LogP) is 0.690. The van der Waals surface area contributed by atoms with Crippen LogP contribution in [0.25, 0.3) is 0 Å². The fourth-order valence-corrected chi connectivity index (χ4v) is 1.86. The van der Waals surface area contributed by atoms with Gasteiger partial charge in [0, 0.05) is 18.6 Å². The second-order valence-electron chi connectivity index (χ2n) is 3.95. The Hall–Kier alpha value is -1.66. The number of methoxy groups -OCH3 is 1. The third-order valence-electron chi connectivity index (χ3n) is 2.94. The molecule has 100 valence electrons. The van der Waals surface area contributed by atoms with Gasteiger partial charge in [-0.3, -0.25) is 0 Å². The van der Waals surface area contributed by atoms with Gasteiger partial charge in [0.15, 0.2) is 5.60 Å². The van der Waals surface area contributed by atoms with Crippen LogP contribution in [0, 0.1) is 5.92 Å². The Morgan fingerprint density at radius 3 is 2.56 bits per heavy atom. The van der Waals surface area contributed by atoms with Crippen molar-refractivity contribution >= 4 is 11.9 Å². The molecule has 2 unspecified atom stereocenters. The number of allylic oxidation sites excluding steroid dienone is 2. The molecule has 0 amide bonds. The molecule has 2 atom stereocenters. The van der Waals surface area contributed by atoms with Gasteiger partial charge < -0.3 is 19.7 Å². The lowest BCUT2D eigenvalue weighted by Crippen LogP contribution is -2.49. The fraction of sp³-hybridized carbons (Fsp3) is 0.500. The van der Waals surface area contributed by atoms with Crippen molar-refractivity contribution in [2.75, 3.05) is 20.3 Å². The summed E-state index contributed by atoms with van der Waals surface area (Å²) in [4.78, 5) is 22.4. The molecule has 0 aromatic carbocycles. The number of ether oxygens (including phenoxy) is 2. The van der Waals surface area contributed by atoms with E-state index < -0.39 is 23.5 Å². The van der Waals surface area contributed by atoms with Crippen LogP contribution >= 0.6 is 0 Å². The third-order valence-corrected chi connectivity index (χ3v) is 2.94. The van der Waals surface area contributed by atoms with Crippen molar-refractivity contribution in [2.24, 2.45) is 5.92 Å². The van der Waals surface area contributed by atoms with E-state index in [-0.39, 0.29) is 18.8 Å². The summed E-state index contributed by atoms with van der Waals surface area (Å²) in [5.74, 6) is -3.14. The van der Waals surface area contributed by atoms with Crippen molar-refractivity contribution in [2.45, 2.75) is 12.5 Å². The zero-order valence-electron chi connectivity index (χ0n) is 10.3. The summed E-state index contributed by atoms with van der Waals surface area (Å²) in [5, 5.41) is 18.3. The average Bonchev–Trinajstić information content (AvgIpc) is 2.31. The maximum absolute atomic E-state index is 11.4. The molecule has 0 aromatic heterocycles. The van der Waals surface area contributed by atoms with E-state index in [0.717, 1.165) is 0 Å². The first-order valence-corrected chi connectivity index (χ1v) is 5.44. The Kier molecular flexibility index (Phi) is 4.63. The first-order chi connectivity index (χ1) is 8.45. The standard InChI is InChI=1S/C12H16O6/c1-8-9(10(13)14)4-3-5-12(8,11(15)16)18-7-6-17-2/h3-5,8H,6-7H2,1-2H3,(H,13,14)(H,15,16). The minimum Gasteiger partial charge on any atom is -0.479 e. The normalized spacial score (nSPS) is 26.8. The van der Waals surface area contributed by atoms with Gasteiger partial charge in [0.25, 0.3) is 0 Å². The van der Waals surface area contributed by atoms with Crippen molar-refractivity contribution in [3.63, 3.8) is 0 Å². The van der Waals surface area contributed by atoms with Crippen molar-refractivity contribution in [3.05, 3.63) is 23.8 Å². The smallest absolute Gasteiger partial charge is 0.340 e. The highest BCUT2D eigenvalue weighted by Crippen LogP contribution is 2.33. The van der Waals surface area contributed by atoms with E-state index in [1.807, 2.05) is 0 Å². The topological polar surface area (TPSA) is 93.1 Å². The molecule has 18 heavy (non-hydrogen) atoms. The molecule has 6 nitrogen and oxygen atoms in total. The Bertz CT molecular complexity index is 397. The van der Waals surface area contributed by atoms with Crippen molar-refractivity contribution in [1.29, 1.82) is 0 Å². The van der Waals surface area contributed by atoms with E-state index in [0.29, 0.717) is 0 Å². The number of carbonyl (C=O) groups is 2. The van der Waals surface area contributed by atoms with Crippen LogP contribution in [0.2, 0.25) is 0 Å². The summed E-state index contributed by atoms with van der Waals surface area (Å²) in [7, 11) is 1.47. The molecule has 0 bridgehead atoms. The summed E-state index contributed by atoms with van der Waals surface area (Å²) in [5.41, 5.74) is -1.64. The zero-order chi connectivity index (χ0) is 13.8. The average molecular weight is 256 g/mol. The summed E-state index contributed by atoms with van der Waals surface area (Å²) < 4.78 is 10.1. The molecule has 0 aliphatic heterocycles. The van der Waals surface area contributed by atoms with Gasteiger partial charge >= 0.3 is 11.9 Å². The predicted molar refractivity (Wildman–Crippen MR) is 62.2 cm³/mol. The number of hydrogen-bond acceptors (Lipinski definition) is 4. The summed E-state index contributed by atoms with van der Waals surface area (Å²) in [6.07, 6.45) is 4.14. The molecule has 0 spiro atoms. The molecule has 1 aliphatic rings.